The molecule has 2 aliphatic rings. The molecule has 3 heteroatoms. The van der Waals surface area contributed by atoms with Crippen LogP contribution in [-0.2, 0) is 6.42 Å². The average molecular weight is 299 g/mol. The smallest absolute Gasteiger partial charge is 0.122 e. The van der Waals surface area contributed by atoms with Crippen molar-refractivity contribution >= 4 is 23.2 Å². The van der Waals surface area contributed by atoms with Crippen LogP contribution in [0.4, 0.5) is 0 Å². The van der Waals surface area contributed by atoms with Gasteiger partial charge in [-0.05, 0) is 66.7 Å². The van der Waals surface area contributed by atoms with Gasteiger partial charge in [-0.25, -0.2) is 0 Å². The zero-order chi connectivity index (χ0) is 13.5. The maximum atomic E-state index is 6.37. The minimum atomic E-state index is 0.266. The Morgan fingerprint density at radius 3 is 2.79 bits per heavy atom. The summed E-state index contributed by atoms with van der Waals surface area (Å²) in [5.74, 6) is 3.38. The Balaban J connectivity index is 1.89. The summed E-state index contributed by atoms with van der Waals surface area (Å²) in [4.78, 5) is 0. The fraction of sp³-hybridized carbons (Fsp3) is 0.625. The lowest BCUT2D eigenvalue weighted by Crippen LogP contribution is -2.32. The minimum Gasteiger partial charge on any atom is -0.496 e. The van der Waals surface area contributed by atoms with Crippen molar-refractivity contribution in [2.24, 2.45) is 17.3 Å². The van der Waals surface area contributed by atoms with Crippen molar-refractivity contribution in [1.29, 1.82) is 0 Å². The van der Waals surface area contributed by atoms with Gasteiger partial charge in [0.2, 0.25) is 0 Å². The first-order valence-electron chi connectivity index (χ1n) is 7.05. The van der Waals surface area contributed by atoms with E-state index in [1.54, 1.807) is 7.11 Å². The molecule has 2 aliphatic carbocycles. The largest absolute Gasteiger partial charge is 0.496 e. The predicted octanol–water partition coefficient (Wildman–Crippen LogP) is 4.94. The summed E-state index contributed by atoms with van der Waals surface area (Å²) in [5.41, 5.74) is 1.48. The molecule has 0 heterocycles. The molecule has 2 saturated carbocycles. The van der Waals surface area contributed by atoms with Gasteiger partial charge < -0.3 is 4.74 Å². The molecule has 0 saturated heterocycles. The van der Waals surface area contributed by atoms with Gasteiger partial charge in [-0.1, -0.05) is 18.0 Å². The highest BCUT2D eigenvalue weighted by atomic mass is 35.5. The number of hydrogen-bond donors (Lipinski definition) is 0. The number of hydrogen-bond acceptors (Lipinski definition) is 1. The Labute approximate surface area is 125 Å². The molecule has 104 valence electrons. The monoisotopic (exact) mass is 298 g/mol. The second-order valence-electron chi connectivity index (χ2n) is 6.21. The van der Waals surface area contributed by atoms with Gasteiger partial charge in [0.1, 0.15) is 5.75 Å². The molecule has 0 aliphatic heterocycles. The SMILES string of the molecule is COc1ccc(Cl)cc1CC1(CCl)CC2CCC1C2. The zero-order valence-corrected chi connectivity index (χ0v) is 12.8. The molecule has 0 aromatic heterocycles. The van der Waals surface area contributed by atoms with E-state index in [1.165, 1.54) is 31.2 Å². The van der Waals surface area contributed by atoms with Crippen molar-refractivity contribution < 1.29 is 4.74 Å². The van der Waals surface area contributed by atoms with Crippen molar-refractivity contribution in [2.45, 2.75) is 32.1 Å². The quantitative estimate of drug-likeness (QED) is 0.716. The van der Waals surface area contributed by atoms with Gasteiger partial charge in [-0.15, -0.1) is 11.6 Å². The molecule has 19 heavy (non-hydrogen) atoms. The number of ether oxygens (including phenoxy) is 1. The molecule has 0 radical (unpaired) electrons. The molecule has 1 aromatic rings. The van der Waals surface area contributed by atoms with Gasteiger partial charge in [-0.3, -0.25) is 0 Å². The standard InChI is InChI=1S/C16H20Cl2O/c1-19-15-5-4-14(18)7-12(15)9-16(10-17)8-11-2-3-13(16)6-11/h4-5,7,11,13H,2-3,6,8-10H2,1H3. The van der Waals surface area contributed by atoms with Crippen molar-refractivity contribution in [3.63, 3.8) is 0 Å². The number of halogens is 2. The van der Waals surface area contributed by atoms with Crippen LogP contribution >= 0.6 is 23.2 Å². The van der Waals surface area contributed by atoms with Crippen LogP contribution in [0.25, 0.3) is 0 Å². The molecular formula is C16H20Cl2O. The maximum Gasteiger partial charge on any atom is 0.122 e. The third-order valence-electron chi connectivity index (χ3n) is 5.15. The van der Waals surface area contributed by atoms with Crippen LogP contribution in [0.15, 0.2) is 18.2 Å². The fourth-order valence-corrected chi connectivity index (χ4v) is 4.87. The van der Waals surface area contributed by atoms with Gasteiger partial charge in [0, 0.05) is 10.9 Å². The van der Waals surface area contributed by atoms with Gasteiger partial charge in [-0.2, -0.15) is 0 Å². The van der Waals surface area contributed by atoms with Crippen LogP contribution in [0.5, 0.6) is 5.75 Å². The Kier molecular flexibility index (Phi) is 3.70. The Hall–Kier alpha value is -0.400. The van der Waals surface area contributed by atoms with E-state index in [9.17, 15) is 0 Å². The highest BCUT2D eigenvalue weighted by molar-refractivity contribution is 6.30. The summed E-state index contributed by atoms with van der Waals surface area (Å²) in [5, 5.41) is 0.781. The topological polar surface area (TPSA) is 9.23 Å². The molecule has 0 N–H and O–H groups in total. The third kappa shape index (κ3) is 2.36. The van der Waals surface area contributed by atoms with Crippen LogP contribution < -0.4 is 4.74 Å². The lowest BCUT2D eigenvalue weighted by atomic mass is 9.70. The third-order valence-corrected chi connectivity index (χ3v) is 5.92. The molecule has 0 amide bonds. The summed E-state index contributed by atoms with van der Waals surface area (Å²) < 4.78 is 5.48. The first kappa shape index (κ1) is 13.6. The molecule has 3 atom stereocenters. The molecular weight excluding hydrogens is 279 g/mol. The lowest BCUT2D eigenvalue weighted by molar-refractivity contribution is 0.191. The second-order valence-corrected chi connectivity index (χ2v) is 6.91. The second kappa shape index (κ2) is 5.18. The van der Waals surface area contributed by atoms with E-state index in [2.05, 4.69) is 0 Å². The molecule has 1 nitrogen and oxygen atoms in total. The maximum absolute atomic E-state index is 6.37. The van der Waals surface area contributed by atoms with E-state index in [4.69, 9.17) is 27.9 Å². The summed E-state index contributed by atoms with van der Waals surface area (Å²) in [6.45, 7) is 0. The van der Waals surface area contributed by atoms with Gasteiger partial charge in [0.05, 0.1) is 7.11 Å². The molecule has 0 spiro atoms. The van der Waals surface area contributed by atoms with Crippen LogP contribution in [0.3, 0.4) is 0 Å². The number of benzene rings is 1. The predicted molar refractivity (Wildman–Crippen MR) is 80.3 cm³/mol. The zero-order valence-electron chi connectivity index (χ0n) is 11.3. The molecule has 3 rings (SSSR count). The van der Waals surface area contributed by atoms with E-state index >= 15 is 0 Å². The fourth-order valence-electron chi connectivity index (χ4n) is 4.25. The van der Waals surface area contributed by atoms with E-state index < -0.39 is 0 Å². The average Bonchev–Trinajstić information content (AvgIpc) is 3.00. The Morgan fingerprint density at radius 2 is 2.21 bits per heavy atom. The highest BCUT2D eigenvalue weighted by Crippen LogP contribution is 2.58. The number of methoxy groups -OCH3 is 1. The lowest BCUT2D eigenvalue weighted by Gasteiger charge is -2.36. The molecule has 1 aromatic carbocycles. The van der Waals surface area contributed by atoms with Crippen LogP contribution in [0.1, 0.15) is 31.2 Å². The highest BCUT2D eigenvalue weighted by Gasteiger charge is 2.50. The van der Waals surface area contributed by atoms with Gasteiger partial charge in [0.15, 0.2) is 0 Å². The first-order chi connectivity index (χ1) is 9.16. The number of rotatable bonds is 4. The van der Waals surface area contributed by atoms with Crippen LogP contribution in [0.2, 0.25) is 5.02 Å². The Bertz CT molecular complexity index is 474. The summed E-state index contributed by atoms with van der Waals surface area (Å²) in [6, 6.07) is 5.89. The number of alkyl halides is 1. The number of fused-ring (bicyclic) bond motifs is 2. The van der Waals surface area contributed by atoms with E-state index in [0.717, 1.165) is 34.9 Å². The minimum absolute atomic E-state index is 0.266. The van der Waals surface area contributed by atoms with E-state index in [0.29, 0.717) is 0 Å². The van der Waals surface area contributed by atoms with Crippen molar-refractivity contribution in [2.75, 3.05) is 13.0 Å². The Morgan fingerprint density at radius 1 is 1.37 bits per heavy atom. The van der Waals surface area contributed by atoms with Gasteiger partial charge >= 0.3 is 0 Å². The summed E-state index contributed by atoms with van der Waals surface area (Å²) in [7, 11) is 1.72. The first-order valence-corrected chi connectivity index (χ1v) is 7.96. The summed E-state index contributed by atoms with van der Waals surface area (Å²) >= 11 is 12.5. The van der Waals surface area contributed by atoms with Crippen LogP contribution in [0, 0.1) is 17.3 Å². The molecule has 2 bridgehead atoms. The van der Waals surface area contributed by atoms with Gasteiger partial charge in [0.25, 0.3) is 0 Å². The van der Waals surface area contributed by atoms with E-state index in [-0.39, 0.29) is 5.41 Å². The van der Waals surface area contributed by atoms with Crippen molar-refractivity contribution in [1.82, 2.24) is 0 Å². The molecule has 3 unspecified atom stereocenters. The van der Waals surface area contributed by atoms with Crippen molar-refractivity contribution in [3.8, 4) is 5.75 Å². The normalized spacial score (nSPS) is 32.8. The van der Waals surface area contributed by atoms with E-state index in [1.807, 2.05) is 18.2 Å². The molecule has 2 fully saturated rings. The van der Waals surface area contributed by atoms with Crippen molar-refractivity contribution in [3.05, 3.63) is 28.8 Å². The summed E-state index contributed by atoms with van der Waals surface area (Å²) in [6.07, 6.45) is 6.39. The van der Waals surface area contributed by atoms with Crippen LogP contribution in [-0.4, -0.2) is 13.0 Å².